The van der Waals surface area contributed by atoms with Gasteiger partial charge in [0.05, 0.1) is 5.52 Å². The molecule has 0 aliphatic rings. The van der Waals surface area contributed by atoms with Gasteiger partial charge in [-0.15, -0.1) is 0 Å². The fraction of sp³-hybridized carbons (Fsp3) is 0.357. The first-order valence-corrected chi connectivity index (χ1v) is 5.97. The van der Waals surface area contributed by atoms with E-state index in [1.54, 1.807) is 6.20 Å². The van der Waals surface area contributed by atoms with Gasteiger partial charge in [-0.2, -0.15) is 0 Å². The first-order valence-electron chi connectivity index (χ1n) is 5.97. The van der Waals surface area contributed by atoms with Gasteiger partial charge in [-0.25, -0.2) is 0 Å². The fourth-order valence-electron chi connectivity index (χ4n) is 2.14. The van der Waals surface area contributed by atoms with Crippen LogP contribution in [0.5, 0.6) is 0 Å². The summed E-state index contributed by atoms with van der Waals surface area (Å²) in [7, 11) is 0. The molecule has 90 valence electrons. The molecule has 0 aliphatic carbocycles. The number of benzene rings is 1. The Morgan fingerprint density at radius 1 is 1.35 bits per heavy atom. The smallest absolute Gasteiger partial charge is 0.102 e. The van der Waals surface area contributed by atoms with Crippen molar-refractivity contribution in [1.82, 2.24) is 4.98 Å². The zero-order valence-electron chi connectivity index (χ0n) is 10.1. The molecule has 0 fully saturated rings. The lowest BCUT2D eigenvalue weighted by Crippen LogP contribution is -2.34. The van der Waals surface area contributed by atoms with Crippen LogP contribution in [0.1, 0.15) is 25.3 Å². The van der Waals surface area contributed by atoms with E-state index in [1.807, 2.05) is 37.3 Å². The van der Waals surface area contributed by atoms with Gasteiger partial charge in [0.1, 0.15) is 5.60 Å². The second-order valence-corrected chi connectivity index (χ2v) is 4.40. The zero-order valence-corrected chi connectivity index (χ0v) is 10.1. The van der Waals surface area contributed by atoms with Crippen LogP contribution < -0.4 is 5.73 Å². The fourth-order valence-corrected chi connectivity index (χ4v) is 2.14. The van der Waals surface area contributed by atoms with Crippen LogP contribution in [-0.2, 0) is 5.60 Å². The molecule has 17 heavy (non-hydrogen) atoms. The molecule has 3 N–H and O–H groups in total. The lowest BCUT2D eigenvalue weighted by Gasteiger charge is -2.26. The Morgan fingerprint density at radius 2 is 2.18 bits per heavy atom. The maximum atomic E-state index is 10.5. The van der Waals surface area contributed by atoms with Crippen LogP contribution in [0.2, 0.25) is 0 Å². The molecule has 1 heterocycles. The van der Waals surface area contributed by atoms with Crippen LogP contribution in [0.4, 0.5) is 0 Å². The molecular formula is C14H18N2O. The molecule has 0 aliphatic heterocycles. The van der Waals surface area contributed by atoms with Gasteiger partial charge in [0.25, 0.3) is 0 Å². The number of nitrogens with two attached hydrogens (primary N) is 1. The van der Waals surface area contributed by atoms with Crippen molar-refractivity contribution in [2.24, 2.45) is 5.73 Å². The summed E-state index contributed by atoms with van der Waals surface area (Å²) in [5.41, 5.74) is 6.60. The minimum atomic E-state index is -0.918. The van der Waals surface area contributed by atoms with E-state index < -0.39 is 5.60 Å². The van der Waals surface area contributed by atoms with Gasteiger partial charge < -0.3 is 10.8 Å². The lowest BCUT2D eigenvalue weighted by atomic mass is 9.88. The van der Waals surface area contributed by atoms with Gasteiger partial charge in [-0.05, 0) is 30.2 Å². The average molecular weight is 230 g/mol. The van der Waals surface area contributed by atoms with E-state index in [0.29, 0.717) is 6.42 Å². The summed E-state index contributed by atoms with van der Waals surface area (Å²) in [5, 5.41) is 11.5. The Hall–Kier alpha value is -1.45. The molecule has 0 saturated carbocycles. The van der Waals surface area contributed by atoms with E-state index in [4.69, 9.17) is 5.73 Å². The Balaban J connectivity index is 2.47. The number of aromatic nitrogens is 1. The second kappa shape index (κ2) is 4.82. The van der Waals surface area contributed by atoms with Gasteiger partial charge in [0.2, 0.25) is 0 Å². The molecule has 2 rings (SSSR count). The molecule has 1 atom stereocenters. The summed E-state index contributed by atoms with van der Waals surface area (Å²) in [6.45, 7) is 2.29. The quantitative estimate of drug-likeness (QED) is 0.846. The maximum Gasteiger partial charge on any atom is 0.102 e. The lowest BCUT2D eigenvalue weighted by molar-refractivity contribution is 0.0361. The van der Waals surface area contributed by atoms with E-state index in [0.717, 1.165) is 22.9 Å². The summed E-state index contributed by atoms with van der Waals surface area (Å²) in [6, 6.07) is 9.71. The molecule has 3 nitrogen and oxygen atoms in total. The minimum Gasteiger partial charge on any atom is -0.384 e. The highest BCUT2D eigenvalue weighted by Crippen LogP contribution is 2.27. The number of fused-ring (bicyclic) bond motifs is 1. The Kier molecular flexibility index (Phi) is 3.41. The summed E-state index contributed by atoms with van der Waals surface area (Å²) < 4.78 is 0. The van der Waals surface area contributed by atoms with Crippen LogP contribution >= 0.6 is 0 Å². The monoisotopic (exact) mass is 230 g/mol. The van der Waals surface area contributed by atoms with Crippen molar-refractivity contribution in [3.05, 3.63) is 42.1 Å². The van der Waals surface area contributed by atoms with Crippen molar-refractivity contribution >= 4 is 10.9 Å². The van der Waals surface area contributed by atoms with Crippen LogP contribution in [0.3, 0.4) is 0 Å². The summed E-state index contributed by atoms with van der Waals surface area (Å²) in [6.07, 6.45) is 3.34. The standard InChI is InChI=1S/C14H18N2O/c1-2-7-14(17,10-15)12-5-6-13-11(9-12)4-3-8-16-13/h3-6,8-9,17H,2,7,10,15H2,1H3. The average Bonchev–Trinajstić information content (AvgIpc) is 2.38. The molecule has 1 aromatic carbocycles. The van der Waals surface area contributed by atoms with Crippen molar-refractivity contribution in [3.63, 3.8) is 0 Å². The SMILES string of the molecule is CCCC(O)(CN)c1ccc2ncccc2c1. The van der Waals surface area contributed by atoms with E-state index in [9.17, 15) is 5.11 Å². The summed E-state index contributed by atoms with van der Waals surface area (Å²) in [5.74, 6) is 0. The number of hydrogen-bond acceptors (Lipinski definition) is 3. The normalized spacial score (nSPS) is 14.8. The van der Waals surface area contributed by atoms with E-state index in [1.165, 1.54) is 0 Å². The van der Waals surface area contributed by atoms with E-state index >= 15 is 0 Å². The van der Waals surface area contributed by atoms with E-state index in [2.05, 4.69) is 4.98 Å². The molecule has 0 bridgehead atoms. The molecule has 0 saturated heterocycles. The number of aliphatic hydroxyl groups is 1. The molecule has 0 spiro atoms. The topological polar surface area (TPSA) is 59.1 Å². The predicted molar refractivity (Wildman–Crippen MR) is 69.6 cm³/mol. The van der Waals surface area contributed by atoms with Crippen LogP contribution in [-0.4, -0.2) is 16.6 Å². The molecule has 1 aromatic heterocycles. The Morgan fingerprint density at radius 3 is 2.88 bits per heavy atom. The summed E-state index contributed by atoms with van der Waals surface area (Å²) in [4.78, 5) is 4.26. The molecule has 3 heteroatoms. The van der Waals surface area contributed by atoms with Crippen molar-refractivity contribution in [1.29, 1.82) is 0 Å². The number of rotatable bonds is 4. The van der Waals surface area contributed by atoms with E-state index in [-0.39, 0.29) is 6.54 Å². The molecular weight excluding hydrogens is 212 g/mol. The summed E-state index contributed by atoms with van der Waals surface area (Å²) >= 11 is 0. The third kappa shape index (κ3) is 2.30. The highest BCUT2D eigenvalue weighted by molar-refractivity contribution is 5.79. The third-order valence-corrected chi connectivity index (χ3v) is 3.14. The van der Waals surface area contributed by atoms with Gasteiger partial charge in [-0.3, -0.25) is 4.98 Å². The second-order valence-electron chi connectivity index (χ2n) is 4.40. The molecule has 0 radical (unpaired) electrons. The van der Waals surface area contributed by atoms with Crippen molar-refractivity contribution < 1.29 is 5.11 Å². The highest BCUT2D eigenvalue weighted by atomic mass is 16.3. The number of nitrogens with zero attached hydrogens (tertiary/aromatic N) is 1. The zero-order chi connectivity index (χ0) is 12.3. The van der Waals surface area contributed by atoms with Gasteiger partial charge in [0, 0.05) is 18.1 Å². The first kappa shape index (κ1) is 12.0. The largest absolute Gasteiger partial charge is 0.384 e. The van der Waals surface area contributed by atoms with Crippen LogP contribution in [0.15, 0.2) is 36.5 Å². The first-order chi connectivity index (χ1) is 8.19. The van der Waals surface area contributed by atoms with Crippen LogP contribution in [0.25, 0.3) is 10.9 Å². The maximum absolute atomic E-state index is 10.5. The Labute approximate surface area is 101 Å². The molecule has 1 unspecified atom stereocenters. The van der Waals surface area contributed by atoms with Crippen molar-refractivity contribution in [3.8, 4) is 0 Å². The predicted octanol–water partition coefficient (Wildman–Crippen LogP) is 2.18. The molecule has 0 amide bonds. The third-order valence-electron chi connectivity index (χ3n) is 3.14. The minimum absolute atomic E-state index is 0.243. The van der Waals surface area contributed by atoms with Crippen LogP contribution in [0, 0.1) is 0 Å². The number of pyridine rings is 1. The van der Waals surface area contributed by atoms with Gasteiger partial charge in [0.15, 0.2) is 0 Å². The van der Waals surface area contributed by atoms with Crippen molar-refractivity contribution in [2.45, 2.75) is 25.4 Å². The number of hydrogen-bond donors (Lipinski definition) is 2. The highest BCUT2D eigenvalue weighted by Gasteiger charge is 2.26. The van der Waals surface area contributed by atoms with Gasteiger partial charge in [-0.1, -0.05) is 25.5 Å². The molecule has 2 aromatic rings. The van der Waals surface area contributed by atoms with Gasteiger partial charge >= 0.3 is 0 Å². The van der Waals surface area contributed by atoms with Crippen molar-refractivity contribution in [2.75, 3.05) is 6.54 Å². The Bertz CT molecular complexity index is 512.